The molecule has 0 atom stereocenters. The molecule has 152 valence electrons. The summed E-state index contributed by atoms with van der Waals surface area (Å²) in [6, 6.07) is 5.82. The van der Waals surface area contributed by atoms with Crippen molar-refractivity contribution < 1.29 is 18.0 Å². The molecule has 1 amide bonds. The third kappa shape index (κ3) is 4.33. The van der Waals surface area contributed by atoms with Crippen molar-refractivity contribution in [2.75, 3.05) is 11.9 Å². The van der Waals surface area contributed by atoms with Gasteiger partial charge in [0.05, 0.1) is 18.3 Å². The molecule has 2 N–H and O–H groups in total. The highest BCUT2D eigenvalue weighted by Crippen LogP contribution is 2.27. The molecule has 0 unspecified atom stereocenters. The number of imidazole rings is 1. The number of aromatic nitrogens is 3. The fourth-order valence-corrected chi connectivity index (χ4v) is 3.15. The van der Waals surface area contributed by atoms with Crippen LogP contribution in [0, 0.1) is 6.92 Å². The van der Waals surface area contributed by atoms with E-state index < -0.39 is 12.6 Å². The van der Waals surface area contributed by atoms with Crippen molar-refractivity contribution in [2.24, 2.45) is 0 Å². The van der Waals surface area contributed by atoms with Crippen LogP contribution in [0.15, 0.2) is 36.8 Å². The van der Waals surface area contributed by atoms with Gasteiger partial charge in [-0.25, -0.2) is 9.97 Å². The lowest BCUT2D eigenvalue weighted by Crippen LogP contribution is -2.26. The van der Waals surface area contributed by atoms with E-state index in [9.17, 15) is 18.0 Å². The molecule has 0 saturated heterocycles. The molecular formula is C20H20F3N5O. The van der Waals surface area contributed by atoms with Gasteiger partial charge >= 0.3 is 6.18 Å². The molecule has 6 nitrogen and oxygen atoms in total. The van der Waals surface area contributed by atoms with E-state index in [1.54, 1.807) is 22.9 Å². The highest BCUT2D eigenvalue weighted by molar-refractivity contribution is 5.96. The maximum Gasteiger partial charge on any atom is 0.390 e. The van der Waals surface area contributed by atoms with Gasteiger partial charge in [-0.1, -0.05) is 6.07 Å². The summed E-state index contributed by atoms with van der Waals surface area (Å²) >= 11 is 0. The molecule has 1 aliphatic rings. The summed E-state index contributed by atoms with van der Waals surface area (Å²) in [7, 11) is 0. The van der Waals surface area contributed by atoms with Crippen LogP contribution < -0.4 is 10.6 Å². The number of halogens is 3. The summed E-state index contributed by atoms with van der Waals surface area (Å²) in [6.45, 7) is 1.60. The Balaban J connectivity index is 1.58. The minimum Gasteiger partial charge on any atom is -0.367 e. The molecule has 1 saturated carbocycles. The predicted octanol–water partition coefficient (Wildman–Crippen LogP) is 3.96. The number of carbonyl (C=O) groups is 1. The number of nitrogens with one attached hydrogen (secondary N) is 2. The van der Waals surface area contributed by atoms with Crippen LogP contribution in [-0.4, -0.2) is 39.0 Å². The van der Waals surface area contributed by atoms with Gasteiger partial charge in [-0.3, -0.25) is 9.20 Å². The van der Waals surface area contributed by atoms with E-state index in [1.165, 1.54) is 6.20 Å². The minimum atomic E-state index is -4.23. The average molecular weight is 403 g/mol. The second-order valence-corrected chi connectivity index (χ2v) is 7.18. The van der Waals surface area contributed by atoms with Gasteiger partial charge in [0.15, 0.2) is 11.5 Å². The van der Waals surface area contributed by atoms with E-state index in [0.29, 0.717) is 17.0 Å². The molecule has 0 radical (unpaired) electrons. The Kier molecular flexibility index (Phi) is 4.89. The molecule has 29 heavy (non-hydrogen) atoms. The molecular weight excluding hydrogens is 383 g/mol. The first-order valence-corrected chi connectivity index (χ1v) is 9.36. The summed E-state index contributed by atoms with van der Waals surface area (Å²) in [5, 5.41) is 5.68. The second kappa shape index (κ2) is 7.38. The molecule has 2 aromatic heterocycles. The molecule has 0 aliphatic heterocycles. The van der Waals surface area contributed by atoms with Crippen LogP contribution in [0.2, 0.25) is 0 Å². The Morgan fingerprint density at radius 2 is 2.07 bits per heavy atom. The van der Waals surface area contributed by atoms with E-state index in [1.807, 2.05) is 19.1 Å². The van der Waals surface area contributed by atoms with Crippen molar-refractivity contribution >= 4 is 17.4 Å². The first-order valence-electron chi connectivity index (χ1n) is 9.36. The summed E-state index contributed by atoms with van der Waals surface area (Å²) in [6.07, 6.45) is 1.73. The quantitative estimate of drug-likeness (QED) is 0.654. The van der Waals surface area contributed by atoms with Gasteiger partial charge in [0.2, 0.25) is 0 Å². The number of carbonyl (C=O) groups excluding carboxylic acids is 1. The first-order chi connectivity index (χ1) is 13.8. The zero-order valence-electron chi connectivity index (χ0n) is 15.8. The number of amides is 1. The molecule has 0 bridgehead atoms. The predicted molar refractivity (Wildman–Crippen MR) is 103 cm³/mol. The van der Waals surface area contributed by atoms with Crippen LogP contribution in [0.3, 0.4) is 0 Å². The number of fused-ring (bicyclic) bond motifs is 1. The number of hydrogen-bond donors (Lipinski definition) is 2. The maximum atomic E-state index is 12.4. The molecule has 3 aromatic rings. The lowest BCUT2D eigenvalue weighted by Gasteiger charge is -2.10. The third-order valence-corrected chi connectivity index (χ3v) is 4.81. The highest BCUT2D eigenvalue weighted by atomic mass is 19.4. The van der Waals surface area contributed by atoms with E-state index >= 15 is 0 Å². The smallest absolute Gasteiger partial charge is 0.367 e. The van der Waals surface area contributed by atoms with Crippen molar-refractivity contribution in [1.82, 2.24) is 19.7 Å². The normalized spacial score (nSPS) is 14.2. The second-order valence-electron chi connectivity index (χ2n) is 7.18. The number of anilines is 1. The lowest BCUT2D eigenvalue weighted by atomic mass is 10.0. The van der Waals surface area contributed by atoms with Crippen LogP contribution in [0.4, 0.5) is 19.0 Å². The van der Waals surface area contributed by atoms with Crippen LogP contribution in [0.1, 0.15) is 35.2 Å². The van der Waals surface area contributed by atoms with E-state index in [0.717, 1.165) is 29.7 Å². The number of nitrogens with zero attached hydrogens (tertiary/aromatic N) is 3. The number of hydrogen-bond acceptors (Lipinski definition) is 4. The number of aryl methyl sites for hydroxylation is 1. The largest absolute Gasteiger partial charge is 0.390 e. The topological polar surface area (TPSA) is 71.3 Å². The van der Waals surface area contributed by atoms with Gasteiger partial charge in [-0.05, 0) is 37.5 Å². The zero-order valence-corrected chi connectivity index (χ0v) is 15.8. The van der Waals surface area contributed by atoms with Crippen molar-refractivity contribution in [3.05, 3.63) is 47.9 Å². The fraction of sp³-hybridized carbons (Fsp3) is 0.350. The highest BCUT2D eigenvalue weighted by Gasteiger charge is 2.26. The van der Waals surface area contributed by atoms with Crippen LogP contribution in [0.25, 0.3) is 16.9 Å². The zero-order chi connectivity index (χ0) is 20.6. The van der Waals surface area contributed by atoms with Crippen molar-refractivity contribution in [2.45, 2.75) is 38.4 Å². The van der Waals surface area contributed by atoms with Crippen LogP contribution in [0.5, 0.6) is 0 Å². The van der Waals surface area contributed by atoms with E-state index in [-0.39, 0.29) is 18.5 Å². The lowest BCUT2D eigenvalue weighted by molar-refractivity contribution is -0.131. The van der Waals surface area contributed by atoms with Gasteiger partial charge in [0, 0.05) is 36.1 Å². The number of benzene rings is 1. The van der Waals surface area contributed by atoms with Crippen molar-refractivity contribution in [3.63, 3.8) is 0 Å². The molecule has 1 fully saturated rings. The summed E-state index contributed by atoms with van der Waals surface area (Å²) in [4.78, 5) is 20.7. The first kappa shape index (κ1) is 19.2. The molecule has 0 spiro atoms. The third-order valence-electron chi connectivity index (χ3n) is 4.81. The standard InChI is InChI=1S/C20H20F3N5O/c1-12-10-13(2-5-15(12)19(29)27-14-3-4-14)16-11-26-18-17(25-8-9-28(16)18)24-7-6-20(21,22)23/h2,5,8-11,14H,3-4,6-7H2,1H3,(H,24,25)(H,27,29). The Bertz CT molecular complexity index is 1060. The Morgan fingerprint density at radius 3 is 2.76 bits per heavy atom. The van der Waals surface area contributed by atoms with Crippen molar-refractivity contribution in [3.8, 4) is 11.3 Å². The number of rotatable bonds is 6. The van der Waals surface area contributed by atoms with E-state index in [2.05, 4.69) is 20.6 Å². The van der Waals surface area contributed by atoms with Gasteiger partial charge < -0.3 is 10.6 Å². The summed E-state index contributed by atoms with van der Waals surface area (Å²) in [5.41, 5.74) is 3.53. The van der Waals surface area contributed by atoms with Crippen LogP contribution in [-0.2, 0) is 0 Å². The van der Waals surface area contributed by atoms with Gasteiger partial charge in [-0.2, -0.15) is 13.2 Å². The summed E-state index contributed by atoms with van der Waals surface area (Å²) < 4.78 is 38.9. The molecule has 2 heterocycles. The molecule has 1 aliphatic carbocycles. The molecule has 1 aromatic carbocycles. The van der Waals surface area contributed by atoms with Crippen molar-refractivity contribution in [1.29, 1.82) is 0 Å². The van der Waals surface area contributed by atoms with Crippen LogP contribution >= 0.6 is 0 Å². The Morgan fingerprint density at radius 1 is 1.28 bits per heavy atom. The maximum absolute atomic E-state index is 12.4. The molecule has 4 rings (SSSR count). The summed E-state index contributed by atoms with van der Waals surface area (Å²) in [5.74, 6) is 0.218. The van der Waals surface area contributed by atoms with Gasteiger partial charge in [-0.15, -0.1) is 0 Å². The SMILES string of the molecule is Cc1cc(-c2cnc3c(NCCC(F)(F)F)nccn23)ccc1C(=O)NC1CC1. The number of alkyl halides is 3. The Labute approximate surface area is 165 Å². The van der Waals surface area contributed by atoms with Gasteiger partial charge in [0.1, 0.15) is 0 Å². The average Bonchev–Trinajstić information content (AvgIpc) is 3.35. The minimum absolute atomic E-state index is 0.0740. The fourth-order valence-electron chi connectivity index (χ4n) is 3.15. The Hall–Kier alpha value is -3.10. The molecule has 9 heteroatoms. The van der Waals surface area contributed by atoms with Gasteiger partial charge in [0.25, 0.3) is 5.91 Å². The van der Waals surface area contributed by atoms with E-state index in [4.69, 9.17) is 0 Å². The monoisotopic (exact) mass is 403 g/mol.